The number of benzene rings is 3. The molecule has 3 aromatic rings. The van der Waals surface area contributed by atoms with Gasteiger partial charge in [0.15, 0.2) is 0 Å². The van der Waals surface area contributed by atoms with Crippen molar-refractivity contribution >= 4 is 44.9 Å². The van der Waals surface area contributed by atoms with Crippen molar-refractivity contribution in [2.45, 2.75) is 4.90 Å². The molecule has 0 bridgehead atoms. The van der Waals surface area contributed by atoms with Gasteiger partial charge in [-0.3, -0.25) is 19.2 Å². The first-order valence-corrected chi connectivity index (χ1v) is 11.9. The Morgan fingerprint density at radius 2 is 1.49 bits per heavy atom. The number of methoxy groups -OCH3 is 2. The van der Waals surface area contributed by atoms with Gasteiger partial charge in [-0.15, -0.1) is 0 Å². The van der Waals surface area contributed by atoms with Crippen LogP contribution in [0.3, 0.4) is 0 Å². The number of carbonyl (C=O) groups is 3. The van der Waals surface area contributed by atoms with Gasteiger partial charge in [-0.1, -0.05) is 24.3 Å². The second-order valence-corrected chi connectivity index (χ2v) is 9.29. The average Bonchev–Trinajstić information content (AvgIpc) is 2.90. The minimum atomic E-state index is -4.33. The number of sulfonamides is 1. The summed E-state index contributed by atoms with van der Waals surface area (Å²) in [4.78, 5) is 47.5. The van der Waals surface area contributed by atoms with E-state index in [0.717, 1.165) is 24.6 Å². The Balaban J connectivity index is 2.01. The molecule has 3 rings (SSSR count). The van der Waals surface area contributed by atoms with Crippen molar-refractivity contribution in [2.75, 3.05) is 30.4 Å². The molecule has 3 aromatic carbocycles. The van der Waals surface area contributed by atoms with E-state index in [2.05, 4.69) is 14.8 Å². The Morgan fingerprint density at radius 3 is 2.03 bits per heavy atom. The molecular formula is C24H21N3O9S. The van der Waals surface area contributed by atoms with E-state index in [1.807, 2.05) is 0 Å². The first kappa shape index (κ1) is 26.8. The van der Waals surface area contributed by atoms with Crippen LogP contribution in [-0.2, 0) is 24.3 Å². The van der Waals surface area contributed by atoms with Gasteiger partial charge in [-0.2, -0.15) is 0 Å². The molecule has 0 unspecified atom stereocenters. The lowest BCUT2D eigenvalue weighted by Gasteiger charge is -2.24. The molecule has 37 heavy (non-hydrogen) atoms. The largest absolute Gasteiger partial charge is 0.465 e. The fourth-order valence-electron chi connectivity index (χ4n) is 3.30. The van der Waals surface area contributed by atoms with Crippen LogP contribution in [0.2, 0.25) is 0 Å². The number of ether oxygens (including phenoxy) is 2. The Bertz CT molecular complexity index is 1420. The van der Waals surface area contributed by atoms with E-state index < -0.39 is 39.3 Å². The molecule has 0 radical (unpaired) electrons. The van der Waals surface area contributed by atoms with Gasteiger partial charge in [0.05, 0.1) is 40.9 Å². The molecule has 1 N–H and O–H groups in total. The van der Waals surface area contributed by atoms with Crippen LogP contribution >= 0.6 is 0 Å². The average molecular weight is 528 g/mol. The molecular weight excluding hydrogens is 506 g/mol. The Hall–Kier alpha value is -4.78. The van der Waals surface area contributed by atoms with Crippen LogP contribution in [0.4, 0.5) is 17.1 Å². The molecule has 0 aromatic heterocycles. The van der Waals surface area contributed by atoms with E-state index in [-0.39, 0.29) is 33.1 Å². The van der Waals surface area contributed by atoms with Gasteiger partial charge < -0.3 is 14.8 Å². The zero-order valence-corrected chi connectivity index (χ0v) is 20.4. The molecule has 13 heteroatoms. The van der Waals surface area contributed by atoms with Gasteiger partial charge in [0.1, 0.15) is 6.54 Å². The van der Waals surface area contributed by atoms with Crippen molar-refractivity contribution in [1.29, 1.82) is 0 Å². The predicted molar refractivity (Wildman–Crippen MR) is 132 cm³/mol. The van der Waals surface area contributed by atoms with Crippen LogP contribution in [0.5, 0.6) is 0 Å². The maximum absolute atomic E-state index is 13.4. The number of carbonyl (C=O) groups excluding carboxylic acids is 3. The highest BCUT2D eigenvalue weighted by atomic mass is 32.2. The van der Waals surface area contributed by atoms with Crippen molar-refractivity contribution in [2.24, 2.45) is 0 Å². The number of hydrogen-bond acceptors (Lipinski definition) is 9. The number of nitro benzene ring substituents is 1. The molecule has 0 saturated carbocycles. The lowest BCUT2D eigenvalue weighted by molar-refractivity contribution is -0.384. The molecule has 0 heterocycles. The van der Waals surface area contributed by atoms with E-state index in [0.29, 0.717) is 0 Å². The molecule has 1 amide bonds. The smallest absolute Gasteiger partial charge is 0.337 e. The second kappa shape index (κ2) is 11.3. The molecule has 0 saturated heterocycles. The summed E-state index contributed by atoms with van der Waals surface area (Å²) in [5.74, 6) is -2.43. The molecule has 0 aliphatic heterocycles. The van der Waals surface area contributed by atoms with Gasteiger partial charge >= 0.3 is 11.9 Å². The third-order valence-corrected chi connectivity index (χ3v) is 6.79. The third kappa shape index (κ3) is 6.27. The number of rotatable bonds is 9. The van der Waals surface area contributed by atoms with Crippen molar-refractivity contribution in [3.8, 4) is 0 Å². The summed E-state index contributed by atoms with van der Waals surface area (Å²) < 4.78 is 36.9. The number of esters is 2. The lowest BCUT2D eigenvalue weighted by atomic mass is 10.1. The third-order valence-electron chi connectivity index (χ3n) is 5.01. The summed E-state index contributed by atoms with van der Waals surface area (Å²) in [6, 6.07) is 15.7. The van der Waals surface area contributed by atoms with Gasteiger partial charge in [-0.25, -0.2) is 18.0 Å². The van der Waals surface area contributed by atoms with Gasteiger partial charge in [0, 0.05) is 17.8 Å². The van der Waals surface area contributed by atoms with Gasteiger partial charge in [0.25, 0.3) is 15.7 Å². The Kier molecular flexibility index (Phi) is 8.19. The molecule has 0 aliphatic rings. The molecule has 12 nitrogen and oxygen atoms in total. The fraction of sp³-hybridized carbons (Fsp3) is 0.125. The van der Waals surface area contributed by atoms with Crippen molar-refractivity contribution in [3.05, 3.63) is 94.0 Å². The van der Waals surface area contributed by atoms with Crippen LogP contribution in [0.1, 0.15) is 20.7 Å². The number of nitro groups is 1. The van der Waals surface area contributed by atoms with Gasteiger partial charge in [-0.05, 0) is 36.4 Å². The minimum Gasteiger partial charge on any atom is -0.465 e. The number of hydrogen-bond donors (Lipinski definition) is 1. The highest BCUT2D eigenvalue weighted by molar-refractivity contribution is 7.92. The summed E-state index contributed by atoms with van der Waals surface area (Å²) >= 11 is 0. The monoisotopic (exact) mass is 527 g/mol. The van der Waals surface area contributed by atoms with Crippen molar-refractivity contribution < 1.29 is 37.2 Å². The van der Waals surface area contributed by atoms with Crippen molar-refractivity contribution in [3.63, 3.8) is 0 Å². The Morgan fingerprint density at radius 1 is 0.892 bits per heavy atom. The predicted octanol–water partition coefficient (Wildman–Crippen LogP) is 3.00. The molecule has 0 fully saturated rings. The molecule has 0 aliphatic carbocycles. The van der Waals surface area contributed by atoms with Crippen LogP contribution in [0.25, 0.3) is 0 Å². The standard InChI is InChI=1S/C24H21N3O9S/c1-35-23(29)16-11-17(24(30)36-2)13-18(12-16)25-22(28)15-26(19-7-6-8-20(14-19)27(31)32)37(33,34)21-9-4-3-5-10-21/h3-14H,15H2,1-2H3,(H,25,28). The lowest BCUT2D eigenvalue weighted by Crippen LogP contribution is -2.38. The summed E-state index contributed by atoms with van der Waals surface area (Å²) in [5, 5.41) is 13.7. The highest BCUT2D eigenvalue weighted by Gasteiger charge is 2.28. The number of amides is 1. The van der Waals surface area contributed by atoms with Crippen LogP contribution in [0.15, 0.2) is 77.7 Å². The van der Waals surface area contributed by atoms with E-state index in [1.165, 1.54) is 60.7 Å². The summed E-state index contributed by atoms with van der Waals surface area (Å²) in [7, 11) is -2.06. The fourth-order valence-corrected chi connectivity index (χ4v) is 4.73. The van der Waals surface area contributed by atoms with E-state index in [1.54, 1.807) is 6.07 Å². The first-order valence-electron chi connectivity index (χ1n) is 10.5. The van der Waals surface area contributed by atoms with Crippen LogP contribution < -0.4 is 9.62 Å². The summed E-state index contributed by atoms with van der Waals surface area (Å²) in [5.41, 5.74) is -0.628. The topological polar surface area (TPSA) is 162 Å². The van der Waals surface area contributed by atoms with E-state index in [4.69, 9.17) is 0 Å². The number of anilines is 2. The second-order valence-electron chi connectivity index (χ2n) is 7.43. The van der Waals surface area contributed by atoms with Crippen LogP contribution in [-0.4, -0.2) is 52.0 Å². The minimum absolute atomic E-state index is 0.00981. The summed E-state index contributed by atoms with van der Waals surface area (Å²) in [6.45, 7) is -0.783. The maximum Gasteiger partial charge on any atom is 0.337 e. The van der Waals surface area contributed by atoms with Crippen LogP contribution in [0, 0.1) is 10.1 Å². The quantitative estimate of drug-likeness (QED) is 0.250. The van der Waals surface area contributed by atoms with E-state index >= 15 is 0 Å². The van der Waals surface area contributed by atoms with Crippen molar-refractivity contribution in [1.82, 2.24) is 0 Å². The van der Waals surface area contributed by atoms with E-state index in [9.17, 15) is 32.9 Å². The zero-order valence-electron chi connectivity index (χ0n) is 19.6. The maximum atomic E-state index is 13.4. The number of non-ortho nitro benzene ring substituents is 1. The molecule has 0 spiro atoms. The highest BCUT2D eigenvalue weighted by Crippen LogP contribution is 2.27. The first-order chi connectivity index (χ1) is 17.6. The summed E-state index contributed by atoms with van der Waals surface area (Å²) in [6.07, 6.45) is 0. The SMILES string of the molecule is COC(=O)c1cc(NC(=O)CN(c2cccc([N+](=O)[O-])c2)S(=O)(=O)c2ccccc2)cc(C(=O)OC)c1. The number of nitrogens with zero attached hydrogens (tertiary/aromatic N) is 2. The normalized spacial score (nSPS) is 10.8. The Labute approximate surface area is 211 Å². The molecule has 0 atom stereocenters. The van der Waals surface area contributed by atoms with Gasteiger partial charge in [0.2, 0.25) is 5.91 Å². The zero-order chi connectivity index (χ0) is 27.2. The molecule has 192 valence electrons. The number of nitrogens with one attached hydrogen (secondary N) is 1.